The highest BCUT2D eigenvalue weighted by atomic mass is 19.2. The van der Waals surface area contributed by atoms with Crippen LogP contribution in [0.5, 0.6) is 0 Å². The van der Waals surface area contributed by atoms with E-state index < -0.39 is 11.6 Å². The fourth-order valence-corrected chi connectivity index (χ4v) is 4.78. The lowest BCUT2D eigenvalue weighted by molar-refractivity contribution is 0.0976. The van der Waals surface area contributed by atoms with Crippen LogP contribution in [0.3, 0.4) is 0 Å². The van der Waals surface area contributed by atoms with E-state index in [4.69, 9.17) is 6.42 Å². The molecule has 0 saturated carbocycles. The smallest absolute Gasteiger partial charge is 0.165 e. The van der Waals surface area contributed by atoms with E-state index in [2.05, 4.69) is 10.5 Å². The first-order chi connectivity index (χ1) is 17.8. The van der Waals surface area contributed by atoms with Crippen molar-refractivity contribution in [3.05, 3.63) is 106 Å². The second kappa shape index (κ2) is 11.3. The van der Waals surface area contributed by atoms with Gasteiger partial charge in [-0.15, -0.1) is 12.3 Å². The lowest BCUT2D eigenvalue weighted by atomic mass is 9.95. The van der Waals surface area contributed by atoms with E-state index in [9.17, 15) is 18.4 Å². The molecule has 0 saturated heterocycles. The Labute approximate surface area is 216 Å². The lowest BCUT2D eigenvalue weighted by Crippen LogP contribution is -2.11. The number of fused-ring (bicyclic) bond motifs is 1. The summed E-state index contributed by atoms with van der Waals surface area (Å²) in [5, 5.41) is 0.781. The van der Waals surface area contributed by atoms with Crippen molar-refractivity contribution in [2.24, 2.45) is 0 Å². The number of hydrogen-bond acceptors (Lipinski definition) is 2. The summed E-state index contributed by atoms with van der Waals surface area (Å²) in [7, 11) is 0. The second-order valence-electron chi connectivity index (χ2n) is 9.52. The summed E-state index contributed by atoms with van der Waals surface area (Å²) in [6.07, 6.45) is 6.42. The monoisotopic (exact) mass is 497 g/mol. The van der Waals surface area contributed by atoms with E-state index in [1.807, 2.05) is 56.3 Å². The number of aromatic nitrogens is 1. The highest BCUT2D eigenvalue weighted by Crippen LogP contribution is 2.34. The molecule has 0 aliphatic carbocycles. The number of carbonyl (C=O) groups excluding carboxylic acids is 2. The number of aryl methyl sites for hydroxylation is 1. The molecule has 0 bridgehead atoms. The third-order valence-corrected chi connectivity index (χ3v) is 6.56. The van der Waals surface area contributed by atoms with Crippen LogP contribution < -0.4 is 0 Å². The number of rotatable bonds is 10. The van der Waals surface area contributed by atoms with E-state index in [-0.39, 0.29) is 30.3 Å². The van der Waals surface area contributed by atoms with Crippen LogP contribution in [0.25, 0.3) is 10.9 Å². The van der Waals surface area contributed by atoms with Crippen molar-refractivity contribution in [3.63, 3.8) is 0 Å². The molecular weight excluding hydrogens is 468 g/mol. The lowest BCUT2D eigenvalue weighted by Gasteiger charge is -2.15. The van der Waals surface area contributed by atoms with Crippen molar-refractivity contribution in [2.75, 3.05) is 0 Å². The van der Waals surface area contributed by atoms with Crippen molar-refractivity contribution < 1.29 is 18.4 Å². The quantitative estimate of drug-likeness (QED) is 0.168. The van der Waals surface area contributed by atoms with Gasteiger partial charge in [-0.2, -0.15) is 0 Å². The first-order valence-corrected chi connectivity index (χ1v) is 12.4. The van der Waals surface area contributed by atoms with Crippen LogP contribution in [0.2, 0.25) is 0 Å². The molecule has 5 heteroatoms. The number of ketones is 2. The highest BCUT2D eigenvalue weighted by Gasteiger charge is 2.25. The number of carbonyl (C=O) groups is 2. The standard InChI is InChI=1S/C32H29F2NO2/c1-4-5-11-29(36)24-14-15-25-28(19-24)35(20-23-9-7-6-8-10-23)32(21(2)3)31(25)30(37)17-13-22-12-16-26(33)27(34)18-22/h1,6-10,12,14-16,18-19,21H,5,11,13,17,20H2,2-3H3. The fourth-order valence-electron chi connectivity index (χ4n) is 4.78. The van der Waals surface area contributed by atoms with Crippen LogP contribution in [0.1, 0.15) is 76.6 Å². The van der Waals surface area contributed by atoms with Crippen LogP contribution in [0.4, 0.5) is 8.78 Å². The van der Waals surface area contributed by atoms with Gasteiger partial charge in [0, 0.05) is 48.0 Å². The zero-order valence-corrected chi connectivity index (χ0v) is 21.1. The Morgan fingerprint density at radius 1 is 0.892 bits per heavy atom. The Morgan fingerprint density at radius 2 is 1.65 bits per heavy atom. The Balaban J connectivity index is 1.80. The first-order valence-electron chi connectivity index (χ1n) is 12.4. The molecule has 37 heavy (non-hydrogen) atoms. The molecule has 0 fully saturated rings. The summed E-state index contributed by atoms with van der Waals surface area (Å²) in [5.74, 6) is 0.598. The van der Waals surface area contributed by atoms with Crippen molar-refractivity contribution >= 4 is 22.5 Å². The Kier molecular flexibility index (Phi) is 7.98. The highest BCUT2D eigenvalue weighted by molar-refractivity contribution is 6.11. The maximum Gasteiger partial charge on any atom is 0.165 e. The van der Waals surface area contributed by atoms with Gasteiger partial charge in [0.1, 0.15) is 0 Å². The van der Waals surface area contributed by atoms with Gasteiger partial charge in [-0.1, -0.05) is 62.4 Å². The average molecular weight is 498 g/mol. The molecule has 0 amide bonds. The first kappa shape index (κ1) is 26.0. The topological polar surface area (TPSA) is 39.1 Å². The van der Waals surface area contributed by atoms with Gasteiger partial charge in [0.05, 0.1) is 5.52 Å². The normalized spacial score (nSPS) is 11.1. The van der Waals surface area contributed by atoms with Gasteiger partial charge >= 0.3 is 0 Å². The van der Waals surface area contributed by atoms with E-state index >= 15 is 0 Å². The van der Waals surface area contributed by atoms with Gasteiger partial charge < -0.3 is 4.57 Å². The average Bonchev–Trinajstić information content (AvgIpc) is 3.22. The maximum absolute atomic E-state index is 13.7. The van der Waals surface area contributed by atoms with Gasteiger partial charge in [-0.05, 0) is 41.7 Å². The van der Waals surface area contributed by atoms with Gasteiger partial charge in [-0.25, -0.2) is 8.78 Å². The van der Waals surface area contributed by atoms with E-state index in [0.717, 1.165) is 34.3 Å². The molecule has 1 aromatic heterocycles. The number of Topliss-reactive ketones (excluding diaryl/α,β-unsaturated/α-hetero) is 2. The van der Waals surface area contributed by atoms with Gasteiger partial charge in [0.15, 0.2) is 23.2 Å². The fraction of sp³-hybridized carbons (Fsp3) is 0.250. The molecule has 4 aromatic rings. The Hall–Kier alpha value is -4.04. The largest absolute Gasteiger partial charge is 0.339 e. The van der Waals surface area contributed by atoms with Crippen LogP contribution in [0.15, 0.2) is 66.7 Å². The zero-order valence-electron chi connectivity index (χ0n) is 21.1. The van der Waals surface area contributed by atoms with Crippen LogP contribution in [0, 0.1) is 24.0 Å². The molecule has 0 unspecified atom stereocenters. The van der Waals surface area contributed by atoms with Crippen molar-refractivity contribution in [1.82, 2.24) is 4.57 Å². The summed E-state index contributed by atoms with van der Waals surface area (Å²) >= 11 is 0. The SMILES string of the molecule is C#CCCC(=O)c1ccc2c(C(=O)CCc3ccc(F)c(F)c3)c(C(C)C)n(Cc3ccccc3)c2c1. The van der Waals surface area contributed by atoms with Crippen LogP contribution >= 0.6 is 0 Å². The van der Waals surface area contributed by atoms with Crippen LogP contribution in [-0.4, -0.2) is 16.1 Å². The Bertz CT molecular complexity index is 1490. The van der Waals surface area contributed by atoms with Crippen LogP contribution in [-0.2, 0) is 13.0 Å². The van der Waals surface area contributed by atoms with Crippen molar-refractivity contribution in [2.45, 2.75) is 52.0 Å². The van der Waals surface area contributed by atoms with Crippen molar-refractivity contribution in [1.29, 1.82) is 0 Å². The minimum atomic E-state index is -0.922. The number of benzene rings is 3. The molecular formula is C32H29F2NO2. The summed E-state index contributed by atoms with van der Waals surface area (Å²) in [4.78, 5) is 26.4. The van der Waals surface area contributed by atoms with E-state index in [1.54, 1.807) is 6.07 Å². The van der Waals surface area contributed by atoms with Gasteiger partial charge in [0.2, 0.25) is 0 Å². The number of hydrogen-bond donors (Lipinski definition) is 0. The van der Waals surface area contributed by atoms with E-state index in [0.29, 0.717) is 36.1 Å². The summed E-state index contributed by atoms with van der Waals surface area (Å²) in [5.41, 5.74) is 4.52. The molecule has 3 nitrogen and oxygen atoms in total. The maximum atomic E-state index is 13.7. The van der Waals surface area contributed by atoms with Gasteiger partial charge in [0.25, 0.3) is 0 Å². The molecule has 0 atom stereocenters. The number of terminal acetylenes is 1. The molecule has 0 radical (unpaired) electrons. The molecule has 188 valence electrons. The minimum Gasteiger partial charge on any atom is -0.339 e. The zero-order chi connectivity index (χ0) is 26.5. The molecule has 0 spiro atoms. The van der Waals surface area contributed by atoms with E-state index in [1.165, 1.54) is 6.07 Å². The third-order valence-electron chi connectivity index (χ3n) is 6.56. The molecule has 0 aliphatic heterocycles. The minimum absolute atomic E-state index is 0.0268. The predicted molar refractivity (Wildman–Crippen MR) is 143 cm³/mol. The summed E-state index contributed by atoms with van der Waals surface area (Å²) in [6, 6.07) is 19.1. The summed E-state index contributed by atoms with van der Waals surface area (Å²) in [6.45, 7) is 4.63. The molecule has 3 aromatic carbocycles. The predicted octanol–water partition coefficient (Wildman–Crippen LogP) is 7.50. The third kappa shape index (κ3) is 5.70. The Morgan fingerprint density at radius 3 is 2.32 bits per heavy atom. The van der Waals surface area contributed by atoms with Crippen molar-refractivity contribution in [3.8, 4) is 12.3 Å². The number of halogens is 2. The molecule has 1 heterocycles. The molecule has 0 N–H and O–H groups in total. The molecule has 0 aliphatic rings. The number of nitrogens with zero attached hydrogens (tertiary/aromatic N) is 1. The molecule has 4 rings (SSSR count). The van der Waals surface area contributed by atoms with Gasteiger partial charge in [-0.3, -0.25) is 9.59 Å². The second-order valence-corrected chi connectivity index (χ2v) is 9.52. The summed E-state index contributed by atoms with van der Waals surface area (Å²) < 4.78 is 29.2.